The third-order valence-corrected chi connectivity index (χ3v) is 6.84. The van der Waals surface area contributed by atoms with Gasteiger partial charge in [0.2, 0.25) is 0 Å². The van der Waals surface area contributed by atoms with Gasteiger partial charge in [-0.3, -0.25) is 4.90 Å². The highest BCUT2D eigenvalue weighted by atomic mass is 16.3. The summed E-state index contributed by atoms with van der Waals surface area (Å²) in [5.41, 5.74) is 2.63. The minimum atomic E-state index is 0.124. The summed E-state index contributed by atoms with van der Waals surface area (Å²) < 4.78 is 0. The van der Waals surface area contributed by atoms with Gasteiger partial charge in [0.1, 0.15) is 5.75 Å². The summed E-state index contributed by atoms with van der Waals surface area (Å²) in [5.74, 6) is 1.00. The van der Waals surface area contributed by atoms with Crippen molar-refractivity contribution < 1.29 is 9.90 Å². The Morgan fingerprint density at radius 1 is 0.871 bits per heavy atom. The third-order valence-electron chi connectivity index (χ3n) is 6.84. The van der Waals surface area contributed by atoms with Crippen molar-refractivity contribution in [2.75, 3.05) is 26.2 Å². The highest BCUT2D eigenvalue weighted by molar-refractivity contribution is 5.74. The number of likely N-dealkylation sites (tertiary alicyclic amines) is 2. The van der Waals surface area contributed by atoms with E-state index in [2.05, 4.69) is 40.5 Å². The second-order valence-electron chi connectivity index (χ2n) is 9.12. The smallest absolute Gasteiger partial charge is 0.317 e. The molecule has 2 saturated heterocycles. The number of benzene rings is 2. The van der Waals surface area contributed by atoms with E-state index in [0.29, 0.717) is 17.7 Å². The van der Waals surface area contributed by atoms with Crippen molar-refractivity contribution in [3.63, 3.8) is 0 Å². The van der Waals surface area contributed by atoms with Crippen LogP contribution >= 0.6 is 0 Å². The second kappa shape index (κ2) is 10.7. The third kappa shape index (κ3) is 6.47. The summed E-state index contributed by atoms with van der Waals surface area (Å²) >= 11 is 0. The van der Waals surface area contributed by atoms with Crippen molar-refractivity contribution in [2.24, 2.45) is 5.92 Å². The first-order valence-corrected chi connectivity index (χ1v) is 11.8. The van der Waals surface area contributed by atoms with E-state index in [1.165, 1.54) is 11.1 Å². The fourth-order valence-electron chi connectivity index (χ4n) is 4.80. The minimum Gasteiger partial charge on any atom is -0.508 e. The second-order valence-corrected chi connectivity index (χ2v) is 9.12. The molecule has 5 heteroatoms. The molecule has 2 aromatic carbocycles. The first kappa shape index (κ1) is 21.7. The number of aryl methyl sites for hydroxylation is 1. The van der Waals surface area contributed by atoms with Gasteiger partial charge in [-0.05, 0) is 67.7 Å². The molecule has 2 aromatic rings. The van der Waals surface area contributed by atoms with Crippen LogP contribution in [0.4, 0.5) is 4.79 Å². The van der Waals surface area contributed by atoms with E-state index in [0.717, 1.165) is 71.2 Å². The van der Waals surface area contributed by atoms with E-state index in [9.17, 15) is 9.90 Å². The molecule has 166 valence electrons. The Kier molecular flexibility index (Phi) is 7.47. The number of piperidine rings is 2. The molecule has 0 saturated carbocycles. The zero-order chi connectivity index (χ0) is 21.5. The van der Waals surface area contributed by atoms with E-state index >= 15 is 0 Å². The zero-order valence-corrected chi connectivity index (χ0v) is 18.4. The van der Waals surface area contributed by atoms with Crippen molar-refractivity contribution in [1.29, 1.82) is 0 Å². The molecule has 2 aliphatic heterocycles. The standard InChI is InChI=1S/C26H35N3O2/c30-25-10-8-21(9-11-25)6-7-22-12-18-29(19-13-22)26(31)27-24-14-16-28(17-15-24)20-23-4-2-1-3-5-23/h1-5,8-11,22,24,30H,6-7,12-20H2,(H,27,31). The molecule has 0 aliphatic carbocycles. The molecular formula is C26H35N3O2. The van der Waals surface area contributed by atoms with Crippen LogP contribution in [0.1, 0.15) is 43.2 Å². The summed E-state index contributed by atoms with van der Waals surface area (Å²) in [6.07, 6.45) is 6.42. The molecule has 2 heterocycles. The van der Waals surface area contributed by atoms with Gasteiger partial charge < -0.3 is 15.3 Å². The molecule has 0 aromatic heterocycles. The van der Waals surface area contributed by atoms with Gasteiger partial charge in [0, 0.05) is 38.8 Å². The van der Waals surface area contributed by atoms with E-state index in [1.54, 1.807) is 12.1 Å². The fraction of sp³-hybridized carbons (Fsp3) is 0.500. The Morgan fingerprint density at radius 3 is 2.23 bits per heavy atom. The molecule has 0 bridgehead atoms. The number of amides is 2. The van der Waals surface area contributed by atoms with Gasteiger partial charge in [-0.2, -0.15) is 0 Å². The normalized spacial score (nSPS) is 18.8. The maximum atomic E-state index is 12.7. The maximum Gasteiger partial charge on any atom is 0.317 e. The number of rotatable bonds is 6. The summed E-state index contributed by atoms with van der Waals surface area (Å²) in [6, 6.07) is 18.6. The fourth-order valence-corrected chi connectivity index (χ4v) is 4.80. The zero-order valence-electron chi connectivity index (χ0n) is 18.4. The topological polar surface area (TPSA) is 55.8 Å². The van der Waals surface area contributed by atoms with Crippen LogP contribution in [-0.2, 0) is 13.0 Å². The van der Waals surface area contributed by atoms with Gasteiger partial charge in [-0.15, -0.1) is 0 Å². The molecule has 31 heavy (non-hydrogen) atoms. The van der Waals surface area contributed by atoms with Gasteiger partial charge in [0.25, 0.3) is 0 Å². The Hall–Kier alpha value is -2.53. The number of aromatic hydroxyl groups is 1. The highest BCUT2D eigenvalue weighted by Crippen LogP contribution is 2.23. The number of nitrogens with zero attached hydrogens (tertiary/aromatic N) is 2. The highest BCUT2D eigenvalue weighted by Gasteiger charge is 2.26. The molecule has 0 atom stereocenters. The van der Waals surface area contributed by atoms with Crippen molar-refractivity contribution in [2.45, 2.75) is 51.1 Å². The first-order chi connectivity index (χ1) is 15.2. The molecule has 4 rings (SSSR count). The van der Waals surface area contributed by atoms with Crippen molar-refractivity contribution >= 4 is 6.03 Å². The summed E-state index contributed by atoms with van der Waals surface area (Å²) in [6.45, 7) is 4.80. The van der Waals surface area contributed by atoms with Crippen LogP contribution in [0.2, 0.25) is 0 Å². The molecular weight excluding hydrogens is 386 g/mol. The lowest BCUT2D eigenvalue weighted by molar-refractivity contribution is 0.151. The number of phenolic OH excluding ortho intramolecular Hbond substituents is 1. The molecule has 0 spiro atoms. The lowest BCUT2D eigenvalue weighted by atomic mass is 9.90. The lowest BCUT2D eigenvalue weighted by Crippen LogP contribution is -2.50. The van der Waals surface area contributed by atoms with Crippen LogP contribution in [0, 0.1) is 5.92 Å². The van der Waals surface area contributed by atoms with Crippen molar-refractivity contribution in [3.8, 4) is 5.75 Å². The lowest BCUT2D eigenvalue weighted by Gasteiger charge is -2.36. The van der Waals surface area contributed by atoms with Crippen LogP contribution in [0.5, 0.6) is 5.75 Å². The van der Waals surface area contributed by atoms with Gasteiger partial charge in [0.05, 0.1) is 0 Å². The van der Waals surface area contributed by atoms with Crippen LogP contribution in [0.25, 0.3) is 0 Å². The summed E-state index contributed by atoms with van der Waals surface area (Å²) in [7, 11) is 0. The molecule has 2 fully saturated rings. The van der Waals surface area contributed by atoms with Gasteiger partial charge in [-0.25, -0.2) is 4.79 Å². The largest absolute Gasteiger partial charge is 0.508 e. The Balaban J connectivity index is 1.13. The molecule has 5 nitrogen and oxygen atoms in total. The number of carbonyl (C=O) groups is 1. The number of hydrogen-bond acceptors (Lipinski definition) is 3. The number of nitrogens with one attached hydrogen (secondary N) is 1. The molecule has 2 amide bonds. The Morgan fingerprint density at radius 2 is 1.55 bits per heavy atom. The van der Waals surface area contributed by atoms with Crippen LogP contribution in [0.3, 0.4) is 0 Å². The molecule has 2 N–H and O–H groups in total. The Bertz CT molecular complexity index is 808. The summed E-state index contributed by atoms with van der Waals surface area (Å²) in [5, 5.41) is 12.7. The number of hydrogen-bond donors (Lipinski definition) is 2. The molecule has 0 radical (unpaired) electrons. The monoisotopic (exact) mass is 421 g/mol. The van der Waals surface area contributed by atoms with Gasteiger partial charge in [0.15, 0.2) is 0 Å². The molecule has 0 unspecified atom stereocenters. The average Bonchev–Trinajstić information content (AvgIpc) is 2.81. The van der Waals surface area contributed by atoms with E-state index in [-0.39, 0.29) is 6.03 Å². The minimum absolute atomic E-state index is 0.124. The van der Waals surface area contributed by atoms with Gasteiger partial charge in [-0.1, -0.05) is 42.5 Å². The van der Waals surface area contributed by atoms with Gasteiger partial charge >= 0.3 is 6.03 Å². The first-order valence-electron chi connectivity index (χ1n) is 11.8. The predicted molar refractivity (Wildman–Crippen MR) is 124 cm³/mol. The van der Waals surface area contributed by atoms with E-state index in [4.69, 9.17) is 0 Å². The average molecular weight is 422 g/mol. The van der Waals surface area contributed by atoms with E-state index in [1.807, 2.05) is 17.0 Å². The van der Waals surface area contributed by atoms with E-state index < -0.39 is 0 Å². The number of urea groups is 1. The van der Waals surface area contributed by atoms with Crippen LogP contribution in [0.15, 0.2) is 54.6 Å². The SMILES string of the molecule is O=C(NC1CCN(Cc2ccccc2)CC1)N1CCC(CCc2ccc(O)cc2)CC1. The van der Waals surface area contributed by atoms with Crippen molar-refractivity contribution in [1.82, 2.24) is 15.1 Å². The number of phenols is 1. The maximum absolute atomic E-state index is 12.7. The van der Waals surface area contributed by atoms with Crippen molar-refractivity contribution in [3.05, 3.63) is 65.7 Å². The summed E-state index contributed by atoms with van der Waals surface area (Å²) in [4.78, 5) is 17.2. The van der Waals surface area contributed by atoms with Crippen LogP contribution < -0.4 is 5.32 Å². The number of carbonyl (C=O) groups excluding carboxylic acids is 1. The van der Waals surface area contributed by atoms with Crippen LogP contribution in [-0.4, -0.2) is 53.2 Å². The molecule has 2 aliphatic rings. The Labute approximate surface area is 186 Å². The predicted octanol–water partition coefficient (Wildman–Crippen LogP) is 4.41. The quantitative estimate of drug-likeness (QED) is 0.726.